The highest BCUT2D eigenvalue weighted by atomic mass is 32.1. The molecule has 3 amide bonds. The number of nitrogens with zero attached hydrogens (tertiary/aromatic N) is 2. The van der Waals surface area contributed by atoms with Crippen LogP contribution in [0.15, 0.2) is 24.3 Å². The second-order valence-corrected chi connectivity index (χ2v) is 8.23. The summed E-state index contributed by atoms with van der Waals surface area (Å²) in [6.07, 6.45) is -1.22. The molecule has 154 valence electrons. The molecule has 1 saturated carbocycles. The number of carbonyl (C=O) groups is 2. The van der Waals surface area contributed by atoms with E-state index in [0.717, 1.165) is 35.9 Å². The van der Waals surface area contributed by atoms with Gasteiger partial charge in [0.2, 0.25) is 5.91 Å². The van der Waals surface area contributed by atoms with Crippen LogP contribution in [0.2, 0.25) is 0 Å². The van der Waals surface area contributed by atoms with Gasteiger partial charge in [-0.1, -0.05) is 29.9 Å². The number of urea groups is 1. The van der Waals surface area contributed by atoms with Crippen molar-refractivity contribution in [2.75, 3.05) is 17.2 Å². The largest absolute Gasteiger partial charge is 0.418 e. The summed E-state index contributed by atoms with van der Waals surface area (Å²) in [6, 6.07) is 4.30. The first-order chi connectivity index (χ1) is 13.8. The number of fused-ring (bicyclic) bond motifs is 1. The molecule has 0 atom stereocenters. The third-order valence-electron chi connectivity index (χ3n) is 5.20. The monoisotopic (exact) mass is 424 g/mol. The Bertz CT molecular complexity index is 940. The summed E-state index contributed by atoms with van der Waals surface area (Å²) in [6.45, 7) is 0.582. The fourth-order valence-electron chi connectivity index (χ4n) is 3.33. The highest BCUT2D eigenvalue weighted by Gasteiger charge is 2.34. The van der Waals surface area contributed by atoms with Gasteiger partial charge >= 0.3 is 12.2 Å². The molecule has 1 aliphatic carbocycles. The van der Waals surface area contributed by atoms with Crippen molar-refractivity contribution in [2.45, 2.75) is 38.4 Å². The Hall–Kier alpha value is -2.62. The Balaban J connectivity index is 1.42. The van der Waals surface area contributed by atoms with Crippen LogP contribution in [0.5, 0.6) is 0 Å². The molecule has 2 heterocycles. The number of amides is 3. The number of para-hydroxylation sites is 1. The second-order valence-electron chi connectivity index (χ2n) is 7.15. The van der Waals surface area contributed by atoms with Crippen LogP contribution in [0.25, 0.3) is 0 Å². The van der Waals surface area contributed by atoms with Gasteiger partial charge in [0.1, 0.15) is 0 Å². The summed E-state index contributed by atoms with van der Waals surface area (Å²) in [5.41, 5.74) is -0.336. The molecule has 0 spiro atoms. The molecule has 29 heavy (non-hydrogen) atoms. The van der Waals surface area contributed by atoms with Gasteiger partial charge in [0, 0.05) is 23.8 Å². The van der Waals surface area contributed by atoms with Crippen LogP contribution < -0.4 is 10.6 Å². The standard InChI is InChI=1S/C19H19F3N4O2S/c20-19(21,22)12-6-1-2-7-13(12)24-18(28)26-9-8-14-15(10-26)29-17(23-14)25-16(27)11-4-3-5-11/h1-2,6-7,11H,3-5,8-10H2,(H,24,28)(H,23,25,27). The quantitative estimate of drug-likeness (QED) is 0.762. The fraction of sp³-hybridized carbons (Fsp3) is 0.421. The van der Waals surface area contributed by atoms with E-state index >= 15 is 0 Å². The molecule has 6 nitrogen and oxygen atoms in total. The van der Waals surface area contributed by atoms with E-state index < -0.39 is 17.8 Å². The van der Waals surface area contributed by atoms with Crippen molar-refractivity contribution in [3.63, 3.8) is 0 Å². The molecular weight excluding hydrogens is 405 g/mol. The van der Waals surface area contributed by atoms with Crippen molar-refractivity contribution in [3.05, 3.63) is 40.4 Å². The lowest BCUT2D eigenvalue weighted by molar-refractivity contribution is -0.137. The molecule has 0 radical (unpaired) electrons. The molecule has 0 unspecified atom stereocenters. The maximum Gasteiger partial charge on any atom is 0.418 e. The van der Waals surface area contributed by atoms with Crippen molar-refractivity contribution in [1.29, 1.82) is 0 Å². The third-order valence-corrected chi connectivity index (χ3v) is 6.20. The normalized spacial score (nSPS) is 16.7. The van der Waals surface area contributed by atoms with Crippen molar-refractivity contribution in [2.24, 2.45) is 5.92 Å². The van der Waals surface area contributed by atoms with Crippen LogP contribution in [0.4, 0.5) is 28.8 Å². The maximum atomic E-state index is 13.1. The molecular formula is C19H19F3N4O2S. The zero-order chi connectivity index (χ0) is 20.6. The van der Waals surface area contributed by atoms with Crippen molar-refractivity contribution >= 4 is 34.1 Å². The van der Waals surface area contributed by atoms with Crippen LogP contribution in [0, 0.1) is 5.92 Å². The summed E-state index contributed by atoms with van der Waals surface area (Å²) >= 11 is 1.31. The van der Waals surface area contributed by atoms with Crippen LogP contribution in [0.1, 0.15) is 35.4 Å². The smallest absolute Gasteiger partial charge is 0.319 e. The fourth-order valence-corrected chi connectivity index (χ4v) is 4.36. The number of thiazole rings is 1. The summed E-state index contributed by atoms with van der Waals surface area (Å²) in [5, 5.41) is 5.71. The Morgan fingerprint density at radius 1 is 1.17 bits per heavy atom. The number of rotatable bonds is 3. The van der Waals surface area contributed by atoms with E-state index in [1.165, 1.54) is 34.4 Å². The number of benzene rings is 1. The van der Waals surface area contributed by atoms with E-state index in [1.54, 1.807) is 0 Å². The Kier molecular flexibility index (Phi) is 5.20. The van der Waals surface area contributed by atoms with Gasteiger partial charge in [0.15, 0.2) is 5.13 Å². The highest BCUT2D eigenvalue weighted by molar-refractivity contribution is 7.15. The van der Waals surface area contributed by atoms with Gasteiger partial charge in [-0.05, 0) is 25.0 Å². The predicted octanol–water partition coefficient (Wildman–Crippen LogP) is 4.49. The number of hydrogen-bond acceptors (Lipinski definition) is 4. The van der Waals surface area contributed by atoms with Crippen molar-refractivity contribution in [3.8, 4) is 0 Å². The summed E-state index contributed by atoms with van der Waals surface area (Å²) in [5.74, 6) is 0.0209. The third kappa shape index (κ3) is 4.21. The number of hydrogen-bond donors (Lipinski definition) is 2. The van der Waals surface area contributed by atoms with E-state index in [4.69, 9.17) is 0 Å². The van der Waals surface area contributed by atoms with E-state index in [2.05, 4.69) is 15.6 Å². The van der Waals surface area contributed by atoms with Gasteiger partial charge in [-0.25, -0.2) is 9.78 Å². The van der Waals surface area contributed by atoms with Gasteiger partial charge in [0.05, 0.1) is 23.5 Å². The molecule has 2 aromatic rings. The first kappa shape index (κ1) is 19.7. The second kappa shape index (κ2) is 7.66. The number of anilines is 2. The average Bonchev–Trinajstić information content (AvgIpc) is 3.00. The minimum absolute atomic E-state index is 0.0271. The van der Waals surface area contributed by atoms with Crippen molar-refractivity contribution in [1.82, 2.24) is 9.88 Å². The van der Waals surface area contributed by atoms with Crippen molar-refractivity contribution < 1.29 is 22.8 Å². The van der Waals surface area contributed by atoms with Gasteiger partial charge in [-0.15, -0.1) is 0 Å². The topological polar surface area (TPSA) is 74.3 Å². The number of nitrogens with one attached hydrogen (secondary N) is 2. The van der Waals surface area contributed by atoms with Gasteiger partial charge < -0.3 is 15.5 Å². The van der Waals surface area contributed by atoms with Crippen LogP contribution in [-0.2, 0) is 23.9 Å². The summed E-state index contributed by atoms with van der Waals surface area (Å²) in [4.78, 5) is 31.3. The zero-order valence-electron chi connectivity index (χ0n) is 15.4. The van der Waals surface area contributed by atoms with Gasteiger partial charge in [-0.3, -0.25) is 4.79 Å². The highest BCUT2D eigenvalue weighted by Crippen LogP contribution is 2.35. The van der Waals surface area contributed by atoms with E-state index in [9.17, 15) is 22.8 Å². The Labute approximate surface area is 169 Å². The first-order valence-electron chi connectivity index (χ1n) is 9.33. The predicted molar refractivity (Wildman–Crippen MR) is 103 cm³/mol. The lowest BCUT2D eigenvalue weighted by atomic mass is 9.85. The molecule has 1 aromatic heterocycles. The zero-order valence-corrected chi connectivity index (χ0v) is 16.2. The summed E-state index contributed by atoms with van der Waals surface area (Å²) in [7, 11) is 0. The molecule has 0 saturated heterocycles. The molecule has 1 aliphatic heterocycles. The van der Waals surface area contributed by atoms with Gasteiger partial charge in [0.25, 0.3) is 0 Å². The first-order valence-corrected chi connectivity index (χ1v) is 10.1. The van der Waals surface area contributed by atoms with E-state index in [-0.39, 0.29) is 24.1 Å². The van der Waals surface area contributed by atoms with E-state index in [0.29, 0.717) is 18.1 Å². The number of halogens is 3. The lowest BCUT2D eigenvalue weighted by Crippen LogP contribution is -2.38. The minimum Gasteiger partial charge on any atom is -0.319 e. The molecule has 2 N–H and O–H groups in total. The summed E-state index contributed by atoms with van der Waals surface area (Å²) < 4.78 is 39.4. The molecule has 2 aliphatic rings. The number of carbonyl (C=O) groups excluding carboxylic acids is 2. The molecule has 1 aromatic carbocycles. The number of aromatic nitrogens is 1. The Morgan fingerprint density at radius 3 is 2.62 bits per heavy atom. The molecule has 10 heteroatoms. The van der Waals surface area contributed by atoms with Crippen LogP contribution in [0.3, 0.4) is 0 Å². The lowest BCUT2D eigenvalue weighted by Gasteiger charge is -2.26. The number of alkyl halides is 3. The van der Waals surface area contributed by atoms with Crippen LogP contribution in [-0.4, -0.2) is 28.4 Å². The van der Waals surface area contributed by atoms with Crippen LogP contribution >= 0.6 is 11.3 Å². The average molecular weight is 424 g/mol. The molecule has 0 bridgehead atoms. The minimum atomic E-state index is -4.55. The van der Waals surface area contributed by atoms with E-state index in [1.807, 2.05) is 0 Å². The SMILES string of the molecule is O=C(Nc1nc2c(s1)CN(C(=O)Nc1ccccc1C(F)(F)F)CC2)C1CCC1. The maximum absolute atomic E-state index is 13.1. The van der Waals surface area contributed by atoms with Gasteiger partial charge in [-0.2, -0.15) is 13.2 Å². The molecule has 1 fully saturated rings. The molecule has 4 rings (SSSR count). The Morgan fingerprint density at radius 2 is 1.93 bits per heavy atom.